The van der Waals surface area contributed by atoms with Crippen LogP contribution in [0.25, 0.3) is 0 Å². The highest BCUT2D eigenvalue weighted by Crippen LogP contribution is 2.39. The standard InChI is InChI=1S/C23H38N2O6/c1-3-5-6-7-8-11-17(4-2)12-9-10-14-23(21(29)20(28)18(16-26)31-23)25-15-13-19(27)24-22(25)30/h4,13,15,17-18,20-21,26,28-29H,2-3,5-12,14,16H2,1H3,(H,24,27,30)/t17?,18-,20-,21-,23-/m1/s1. The number of H-pyrrole nitrogens is 1. The van der Waals surface area contributed by atoms with Gasteiger partial charge in [-0.2, -0.15) is 0 Å². The number of aromatic amines is 1. The van der Waals surface area contributed by atoms with E-state index in [9.17, 15) is 24.9 Å². The van der Waals surface area contributed by atoms with Crippen molar-refractivity contribution in [2.24, 2.45) is 5.92 Å². The SMILES string of the molecule is C=CC(CCCCCCC)CCCC[C@@]1(n2ccc(=O)[nH]c2=O)O[C@H](CO)[C@@H](O)[C@H]1O. The van der Waals surface area contributed by atoms with Crippen molar-refractivity contribution in [1.82, 2.24) is 9.55 Å². The lowest BCUT2D eigenvalue weighted by molar-refractivity contribution is -0.156. The van der Waals surface area contributed by atoms with Gasteiger partial charge in [-0.3, -0.25) is 14.3 Å². The number of allylic oxidation sites excluding steroid dienone is 1. The van der Waals surface area contributed by atoms with Crippen LogP contribution in [0.15, 0.2) is 34.5 Å². The van der Waals surface area contributed by atoms with Crippen LogP contribution in [-0.4, -0.2) is 49.8 Å². The van der Waals surface area contributed by atoms with Gasteiger partial charge in [0.05, 0.1) is 6.61 Å². The van der Waals surface area contributed by atoms with Crippen LogP contribution < -0.4 is 11.2 Å². The molecule has 0 saturated carbocycles. The number of hydrogen-bond acceptors (Lipinski definition) is 6. The lowest BCUT2D eigenvalue weighted by atomic mass is 9.92. The Labute approximate surface area is 183 Å². The average molecular weight is 439 g/mol. The summed E-state index contributed by atoms with van der Waals surface area (Å²) in [6.45, 7) is 5.66. The van der Waals surface area contributed by atoms with Crippen molar-refractivity contribution in [3.05, 3.63) is 45.8 Å². The van der Waals surface area contributed by atoms with E-state index in [1.54, 1.807) is 0 Å². The summed E-state index contributed by atoms with van der Waals surface area (Å²) in [5, 5.41) is 30.6. The molecule has 176 valence electrons. The number of aliphatic hydroxyl groups excluding tert-OH is 3. The Morgan fingerprint density at radius 3 is 2.45 bits per heavy atom. The van der Waals surface area contributed by atoms with Crippen molar-refractivity contribution in [3.8, 4) is 0 Å². The molecule has 0 spiro atoms. The molecule has 0 aliphatic carbocycles. The third kappa shape index (κ3) is 6.38. The van der Waals surface area contributed by atoms with Gasteiger partial charge >= 0.3 is 5.69 Å². The first-order chi connectivity index (χ1) is 14.9. The number of aliphatic hydroxyl groups is 3. The maximum absolute atomic E-state index is 12.4. The number of hydrogen-bond donors (Lipinski definition) is 4. The first-order valence-electron chi connectivity index (χ1n) is 11.5. The monoisotopic (exact) mass is 438 g/mol. The second kappa shape index (κ2) is 12.3. The Morgan fingerprint density at radius 1 is 1.19 bits per heavy atom. The lowest BCUT2D eigenvalue weighted by Crippen LogP contribution is -2.51. The molecule has 1 unspecified atom stereocenters. The van der Waals surface area contributed by atoms with Crippen molar-refractivity contribution in [2.45, 2.75) is 95.2 Å². The van der Waals surface area contributed by atoms with Crippen LogP contribution in [0.2, 0.25) is 0 Å². The van der Waals surface area contributed by atoms with Crippen LogP contribution in [0, 0.1) is 5.92 Å². The Hall–Kier alpha value is -1.74. The molecule has 0 radical (unpaired) electrons. The van der Waals surface area contributed by atoms with Gasteiger partial charge in [0.15, 0.2) is 5.72 Å². The molecular weight excluding hydrogens is 400 g/mol. The summed E-state index contributed by atoms with van der Waals surface area (Å²) >= 11 is 0. The molecule has 0 amide bonds. The first kappa shape index (κ1) is 25.5. The van der Waals surface area contributed by atoms with E-state index in [2.05, 4.69) is 18.5 Å². The maximum Gasteiger partial charge on any atom is 0.330 e. The van der Waals surface area contributed by atoms with Gasteiger partial charge in [0.25, 0.3) is 5.56 Å². The van der Waals surface area contributed by atoms with E-state index in [4.69, 9.17) is 4.74 Å². The van der Waals surface area contributed by atoms with Crippen LogP contribution >= 0.6 is 0 Å². The number of nitrogens with one attached hydrogen (secondary N) is 1. The molecule has 31 heavy (non-hydrogen) atoms. The molecule has 1 aliphatic heterocycles. The molecule has 5 atom stereocenters. The van der Waals surface area contributed by atoms with Crippen LogP contribution in [0.1, 0.15) is 71.1 Å². The van der Waals surface area contributed by atoms with Crippen molar-refractivity contribution < 1.29 is 20.1 Å². The van der Waals surface area contributed by atoms with Gasteiger partial charge in [0.1, 0.15) is 18.3 Å². The first-order valence-corrected chi connectivity index (χ1v) is 11.5. The van der Waals surface area contributed by atoms with Gasteiger partial charge in [-0.15, -0.1) is 6.58 Å². The minimum absolute atomic E-state index is 0.258. The molecule has 1 aromatic rings. The van der Waals surface area contributed by atoms with Crippen LogP contribution in [-0.2, 0) is 10.5 Å². The van der Waals surface area contributed by atoms with E-state index in [0.29, 0.717) is 12.3 Å². The van der Waals surface area contributed by atoms with Gasteiger partial charge in [0, 0.05) is 12.3 Å². The zero-order chi connectivity index (χ0) is 22.9. The minimum Gasteiger partial charge on any atom is -0.394 e. The normalized spacial score (nSPS) is 26.8. The highest BCUT2D eigenvalue weighted by atomic mass is 16.6. The summed E-state index contributed by atoms with van der Waals surface area (Å²) in [5.41, 5.74) is -2.83. The third-order valence-corrected chi connectivity index (χ3v) is 6.31. The highest BCUT2D eigenvalue weighted by molar-refractivity contribution is 5.01. The second-order valence-corrected chi connectivity index (χ2v) is 8.54. The maximum atomic E-state index is 12.4. The average Bonchev–Trinajstić information content (AvgIpc) is 3.00. The molecule has 1 saturated heterocycles. The number of ether oxygens (including phenoxy) is 1. The fourth-order valence-corrected chi connectivity index (χ4v) is 4.43. The van der Waals surface area contributed by atoms with Crippen molar-refractivity contribution in [1.29, 1.82) is 0 Å². The zero-order valence-electron chi connectivity index (χ0n) is 18.5. The number of unbranched alkanes of at least 4 members (excludes halogenated alkanes) is 5. The summed E-state index contributed by atoms with van der Waals surface area (Å²) in [5.74, 6) is 0.415. The molecule has 8 nitrogen and oxygen atoms in total. The number of aromatic nitrogens is 2. The second-order valence-electron chi connectivity index (χ2n) is 8.54. The van der Waals surface area contributed by atoms with Gasteiger partial charge in [-0.25, -0.2) is 4.79 Å². The number of rotatable bonds is 14. The molecule has 1 aromatic heterocycles. The van der Waals surface area contributed by atoms with E-state index in [-0.39, 0.29) is 6.42 Å². The zero-order valence-corrected chi connectivity index (χ0v) is 18.5. The fraction of sp³-hybridized carbons (Fsp3) is 0.739. The Bertz CT molecular complexity index is 791. The quantitative estimate of drug-likeness (QED) is 0.260. The summed E-state index contributed by atoms with van der Waals surface area (Å²) in [6.07, 6.45) is 9.43. The van der Waals surface area contributed by atoms with Crippen LogP contribution in [0.4, 0.5) is 0 Å². The van der Waals surface area contributed by atoms with E-state index >= 15 is 0 Å². The molecule has 4 N–H and O–H groups in total. The molecule has 8 heteroatoms. The van der Waals surface area contributed by atoms with E-state index < -0.39 is 41.9 Å². The Balaban J connectivity index is 2.02. The Morgan fingerprint density at radius 2 is 1.87 bits per heavy atom. The summed E-state index contributed by atoms with van der Waals surface area (Å²) in [4.78, 5) is 26.1. The minimum atomic E-state index is -1.54. The summed E-state index contributed by atoms with van der Waals surface area (Å²) in [6, 6.07) is 1.17. The highest BCUT2D eigenvalue weighted by Gasteiger charge is 2.55. The van der Waals surface area contributed by atoms with Gasteiger partial charge in [-0.1, -0.05) is 51.5 Å². The van der Waals surface area contributed by atoms with E-state index in [1.807, 2.05) is 6.08 Å². The largest absolute Gasteiger partial charge is 0.394 e. The van der Waals surface area contributed by atoms with Crippen molar-refractivity contribution in [3.63, 3.8) is 0 Å². The lowest BCUT2D eigenvalue weighted by Gasteiger charge is -2.34. The molecule has 1 aliphatic rings. The number of nitrogens with zero attached hydrogens (tertiary/aromatic N) is 1. The molecule has 0 aromatic carbocycles. The third-order valence-electron chi connectivity index (χ3n) is 6.31. The smallest absolute Gasteiger partial charge is 0.330 e. The van der Waals surface area contributed by atoms with E-state index in [1.165, 1.54) is 44.4 Å². The Kier molecular flexibility index (Phi) is 10.2. The molecular formula is C23H38N2O6. The van der Waals surface area contributed by atoms with Gasteiger partial charge in [0.2, 0.25) is 0 Å². The molecule has 0 bridgehead atoms. The van der Waals surface area contributed by atoms with Gasteiger partial charge in [-0.05, 0) is 31.6 Å². The van der Waals surface area contributed by atoms with Gasteiger partial charge < -0.3 is 20.1 Å². The summed E-state index contributed by atoms with van der Waals surface area (Å²) < 4.78 is 6.96. The van der Waals surface area contributed by atoms with Crippen LogP contribution in [0.5, 0.6) is 0 Å². The predicted molar refractivity (Wildman–Crippen MR) is 119 cm³/mol. The van der Waals surface area contributed by atoms with Crippen molar-refractivity contribution >= 4 is 0 Å². The molecule has 2 rings (SSSR count). The fourth-order valence-electron chi connectivity index (χ4n) is 4.43. The summed E-state index contributed by atoms with van der Waals surface area (Å²) in [7, 11) is 0. The topological polar surface area (TPSA) is 125 Å². The predicted octanol–water partition coefficient (Wildman–Crippen LogP) is 2.03. The van der Waals surface area contributed by atoms with Crippen LogP contribution in [0.3, 0.4) is 0 Å². The van der Waals surface area contributed by atoms with E-state index in [0.717, 1.165) is 23.8 Å². The molecule has 2 heterocycles. The molecule has 1 fully saturated rings. The van der Waals surface area contributed by atoms with Crippen molar-refractivity contribution in [2.75, 3.05) is 6.61 Å².